The van der Waals surface area contributed by atoms with Gasteiger partial charge in [-0.2, -0.15) is 0 Å². The van der Waals surface area contributed by atoms with Crippen molar-refractivity contribution in [2.24, 2.45) is 12.8 Å². The smallest absolute Gasteiger partial charge is 0.117 e. The van der Waals surface area contributed by atoms with E-state index in [9.17, 15) is 0 Å². The van der Waals surface area contributed by atoms with E-state index in [-0.39, 0.29) is 5.92 Å². The molecule has 1 aromatic carbocycles. The molecule has 2 rings (SSSR count). The van der Waals surface area contributed by atoms with Crippen molar-refractivity contribution in [3.05, 3.63) is 52.6 Å². The summed E-state index contributed by atoms with van der Waals surface area (Å²) >= 11 is 0. The van der Waals surface area contributed by atoms with Gasteiger partial charge in [-0.1, -0.05) is 17.7 Å². The molecule has 0 aliphatic rings. The van der Waals surface area contributed by atoms with E-state index in [0.29, 0.717) is 6.54 Å². The molecule has 2 aromatic rings. The lowest BCUT2D eigenvalue weighted by Crippen LogP contribution is -2.19. The van der Waals surface area contributed by atoms with Gasteiger partial charge in [0, 0.05) is 26.0 Å². The largest absolute Gasteiger partial charge is 0.337 e. The summed E-state index contributed by atoms with van der Waals surface area (Å²) in [6, 6.07) is 4.43. The highest BCUT2D eigenvalue weighted by Crippen LogP contribution is 2.28. The molecule has 96 valence electrons. The Hall–Kier alpha value is -1.61. The highest BCUT2D eigenvalue weighted by Gasteiger charge is 2.20. The van der Waals surface area contributed by atoms with Crippen molar-refractivity contribution < 1.29 is 0 Å². The third-order valence-corrected chi connectivity index (χ3v) is 3.49. The highest BCUT2D eigenvalue weighted by molar-refractivity contribution is 5.42. The Bertz CT molecular complexity index is 532. The zero-order chi connectivity index (χ0) is 13.3. The molecule has 0 saturated carbocycles. The molecule has 0 spiro atoms. The van der Waals surface area contributed by atoms with Crippen LogP contribution in [0.15, 0.2) is 24.5 Å². The van der Waals surface area contributed by atoms with Gasteiger partial charge in [0.25, 0.3) is 0 Å². The molecule has 0 radical (unpaired) electrons. The Morgan fingerprint density at radius 2 is 1.83 bits per heavy atom. The summed E-state index contributed by atoms with van der Waals surface area (Å²) in [6.45, 7) is 7.01. The second-order valence-corrected chi connectivity index (χ2v) is 5.00. The Morgan fingerprint density at radius 3 is 2.28 bits per heavy atom. The van der Waals surface area contributed by atoms with Gasteiger partial charge in [0.15, 0.2) is 0 Å². The highest BCUT2D eigenvalue weighted by atomic mass is 15.0. The van der Waals surface area contributed by atoms with Crippen molar-refractivity contribution in [3.8, 4) is 0 Å². The minimum absolute atomic E-state index is 0.172. The molecule has 3 heteroatoms. The number of aromatic nitrogens is 2. The van der Waals surface area contributed by atoms with Crippen molar-refractivity contribution in [1.82, 2.24) is 9.55 Å². The summed E-state index contributed by atoms with van der Waals surface area (Å²) < 4.78 is 2.05. The van der Waals surface area contributed by atoms with Gasteiger partial charge >= 0.3 is 0 Å². The summed E-state index contributed by atoms with van der Waals surface area (Å²) in [4.78, 5) is 4.45. The van der Waals surface area contributed by atoms with Crippen LogP contribution in [0.5, 0.6) is 0 Å². The molecule has 1 aromatic heterocycles. The number of hydrogen-bond donors (Lipinski definition) is 1. The lowest BCUT2D eigenvalue weighted by molar-refractivity contribution is 0.691. The van der Waals surface area contributed by atoms with E-state index < -0.39 is 0 Å². The fraction of sp³-hybridized carbons (Fsp3) is 0.400. The topological polar surface area (TPSA) is 43.8 Å². The monoisotopic (exact) mass is 243 g/mol. The third-order valence-electron chi connectivity index (χ3n) is 3.49. The molecule has 0 saturated heterocycles. The molecule has 0 fully saturated rings. The summed E-state index contributed by atoms with van der Waals surface area (Å²) in [7, 11) is 2.02. The molecule has 1 unspecified atom stereocenters. The number of hydrogen-bond acceptors (Lipinski definition) is 2. The van der Waals surface area contributed by atoms with Crippen LogP contribution in [0, 0.1) is 20.8 Å². The van der Waals surface area contributed by atoms with Crippen LogP contribution in [-0.2, 0) is 7.05 Å². The Balaban J connectivity index is 2.56. The molecule has 2 N–H and O–H groups in total. The maximum Gasteiger partial charge on any atom is 0.117 e. The average Bonchev–Trinajstić information content (AvgIpc) is 2.69. The molecule has 18 heavy (non-hydrogen) atoms. The van der Waals surface area contributed by atoms with Crippen LogP contribution in [0.1, 0.15) is 34.0 Å². The molecule has 1 atom stereocenters. The minimum Gasteiger partial charge on any atom is -0.337 e. The van der Waals surface area contributed by atoms with E-state index in [1.807, 2.05) is 19.4 Å². The molecule has 0 aliphatic heterocycles. The fourth-order valence-corrected chi connectivity index (χ4v) is 2.81. The van der Waals surface area contributed by atoms with Gasteiger partial charge in [-0.3, -0.25) is 0 Å². The van der Waals surface area contributed by atoms with Crippen LogP contribution in [-0.4, -0.2) is 16.1 Å². The molecule has 0 bridgehead atoms. The SMILES string of the molecule is Cc1cc(C)c(C(CN)c2nccn2C)c(C)c1. The van der Waals surface area contributed by atoms with Gasteiger partial charge < -0.3 is 10.3 Å². The Morgan fingerprint density at radius 1 is 1.22 bits per heavy atom. The molecule has 0 amide bonds. The summed E-state index contributed by atoms with van der Waals surface area (Å²) in [5, 5.41) is 0. The van der Waals surface area contributed by atoms with E-state index >= 15 is 0 Å². The molecular formula is C15H21N3. The van der Waals surface area contributed by atoms with E-state index in [1.54, 1.807) is 0 Å². The van der Waals surface area contributed by atoms with E-state index in [0.717, 1.165) is 5.82 Å². The maximum atomic E-state index is 5.99. The summed E-state index contributed by atoms with van der Waals surface area (Å²) in [6.07, 6.45) is 3.80. The molecule has 3 nitrogen and oxygen atoms in total. The first kappa shape index (κ1) is 12.8. The quantitative estimate of drug-likeness (QED) is 0.899. The van der Waals surface area contributed by atoms with Gasteiger partial charge in [0.1, 0.15) is 5.82 Å². The van der Waals surface area contributed by atoms with Gasteiger partial charge in [0.2, 0.25) is 0 Å². The van der Waals surface area contributed by atoms with Crippen LogP contribution >= 0.6 is 0 Å². The van der Waals surface area contributed by atoms with E-state index in [1.165, 1.54) is 22.3 Å². The van der Waals surface area contributed by atoms with Crippen LogP contribution in [0.2, 0.25) is 0 Å². The minimum atomic E-state index is 0.172. The van der Waals surface area contributed by atoms with Gasteiger partial charge in [-0.25, -0.2) is 4.98 Å². The predicted molar refractivity (Wildman–Crippen MR) is 74.8 cm³/mol. The first-order valence-electron chi connectivity index (χ1n) is 6.29. The lowest BCUT2D eigenvalue weighted by atomic mass is 9.89. The Kier molecular flexibility index (Phi) is 3.53. The van der Waals surface area contributed by atoms with Gasteiger partial charge in [-0.15, -0.1) is 0 Å². The van der Waals surface area contributed by atoms with E-state index in [2.05, 4.69) is 42.5 Å². The van der Waals surface area contributed by atoms with Crippen LogP contribution in [0.3, 0.4) is 0 Å². The number of nitrogens with zero attached hydrogens (tertiary/aromatic N) is 2. The molecule has 0 aliphatic carbocycles. The number of aryl methyl sites for hydroxylation is 4. The van der Waals surface area contributed by atoms with Crippen LogP contribution < -0.4 is 5.73 Å². The second kappa shape index (κ2) is 4.94. The fourth-order valence-electron chi connectivity index (χ4n) is 2.81. The van der Waals surface area contributed by atoms with Crippen molar-refractivity contribution in [3.63, 3.8) is 0 Å². The maximum absolute atomic E-state index is 5.99. The van der Waals surface area contributed by atoms with Crippen molar-refractivity contribution >= 4 is 0 Å². The van der Waals surface area contributed by atoms with E-state index in [4.69, 9.17) is 5.73 Å². The number of imidazole rings is 1. The zero-order valence-corrected chi connectivity index (χ0v) is 11.6. The Labute approximate surface area is 109 Å². The van der Waals surface area contributed by atoms with Gasteiger partial charge in [0.05, 0.1) is 5.92 Å². The predicted octanol–water partition coefficient (Wildman–Crippen LogP) is 2.44. The van der Waals surface area contributed by atoms with Crippen molar-refractivity contribution in [2.75, 3.05) is 6.54 Å². The van der Waals surface area contributed by atoms with Gasteiger partial charge in [-0.05, 0) is 37.5 Å². The van der Waals surface area contributed by atoms with Crippen LogP contribution in [0.4, 0.5) is 0 Å². The standard InChI is InChI=1S/C15H21N3/c1-10-7-11(2)14(12(3)8-10)13(9-16)15-17-5-6-18(15)4/h5-8,13H,9,16H2,1-4H3. The second-order valence-electron chi connectivity index (χ2n) is 5.00. The first-order valence-corrected chi connectivity index (χ1v) is 6.29. The van der Waals surface area contributed by atoms with Crippen molar-refractivity contribution in [1.29, 1.82) is 0 Å². The third kappa shape index (κ3) is 2.18. The summed E-state index contributed by atoms with van der Waals surface area (Å²) in [5.41, 5.74) is 11.2. The van der Waals surface area contributed by atoms with Crippen LogP contribution in [0.25, 0.3) is 0 Å². The number of rotatable bonds is 3. The first-order chi connectivity index (χ1) is 8.54. The summed E-state index contributed by atoms with van der Waals surface area (Å²) in [5.74, 6) is 1.21. The normalized spacial score (nSPS) is 12.7. The lowest BCUT2D eigenvalue weighted by Gasteiger charge is -2.20. The average molecular weight is 243 g/mol. The number of nitrogens with two attached hydrogens (primary N) is 1. The molecule has 1 heterocycles. The van der Waals surface area contributed by atoms with Crippen molar-refractivity contribution in [2.45, 2.75) is 26.7 Å². The number of benzene rings is 1. The molecular weight excluding hydrogens is 222 g/mol. The zero-order valence-electron chi connectivity index (χ0n) is 11.6.